The third-order valence-corrected chi connectivity index (χ3v) is 6.85. The van der Waals surface area contributed by atoms with Crippen LogP contribution < -0.4 is 15.5 Å². The Kier molecular flexibility index (Phi) is 8.07. The molecule has 4 rings (SSSR count). The van der Waals surface area contributed by atoms with E-state index in [-0.39, 0.29) is 44.2 Å². The highest BCUT2D eigenvalue weighted by molar-refractivity contribution is 7.17. The standard InChI is InChI=1S/C26H21ClN4O7S/c1-4-38-24(35)14-8-10-17(11-9-14)31-22(33)18(27)19(23(31)34)29-16-7-5-6-15(12-16)21(32)30-26-28-13(2)20(39-26)25(36)37-3/h5-12,29H,4H2,1-3H3,(H,28,30,32). The van der Waals surface area contributed by atoms with E-state index in [1.807, 2.05) is 0 Å². The summed E-state index contributed by atoms with van der Waals surface area (Å²) < 4.78 is 9.65. The summed E-state index contributed by atoms with van der Waals surface area (Å²) in [5.41, 5.74) is 1.26. The summed E-state index contributed by atoms with van der Waals surface area (Å²) in [6.45, 7) is 3.52. The Bertz CT molecular complexity index is 1530. The largest absolute Gasteiger partial charge is 0.465 e. The Morgan fingerprint density at radius 2 is 1.74 bits per heavy atom. The van der Waals surface area contributed by atoms with Gasteiger partial charge in [0, 0.05) is 11.3 Å². The number of thiazole rings is 1. The van der Waals surface area contributed by atoms with Crippen LogP contribution in [0.1, 0.15) is 43.0 Å². The number of amides is 3. The highest BCUT2D eigenvalue weighted by Crippen LogP contribution is 2.31. The van der Waals surface area contributed by atoms with Crippen LogP contribution in [0.3, 0.4) is 0 Å². The smallest absolute Gasteiger partial charge is 0.350 e. The van der Waals surface area contributed by atoms with Crippen LogP contribution in [0.5, 0.6) is 0 Å². The van der Waals surface area contributed by atoms with Gasteiger partial charge in [-0.05, 0) is 56.3 Å². The van der Waals surface area contributed by atoms with Crippen molar-refractivity contribution < 1.29 is 33.4 Å². The van der Waals surface area contributed by atoms with Gasteiger partial charge < -0.3 is 14.8 Å². The number of halogens is 1. The second kappa shape index (κ2) is 11.5. The van der Waals surface area contributed by atoms with Crippen molar-refractivity contribution in [3.63, 3.8) is 0 Å². The monoisotopic (exact) mass is 568 g/mol. The van der Waals surface area contributed by atoms with Crippen molar-refractivity contribution >= 4 is 69.1 Å². The lowest BCUT2D eigenvalue weighted by Crippen LogP contribution is -2.32. The number of benzene rings is 2. The summed E-state index contributed by atoms with van der Waals surface area (Å²) in [6, 6.07) is 11.9. The lowest BCUT2D eigenvalue weighted by atomic mass is 10.2. The number of hydrogen-bond donors (Lipinski definition) is 2. The van der Waals surface area contributed by atoms with Crippen LogP contribution in [0.2, 0.25) is 0 Å². The molecule has 3 amide bonds. The molecule has 2 N–H and O–H groups in total. The molecule has 2 heterocycles. The number of nitrogens with one attached hydrogen (secondary N) is 2. The Morgan fingerprint density at radius 3 is 2.41 bits per heavy atom. The van der Waals surface area contributed by atoms with Gasteiger partial charge in [0.25, 0.3) is 17.7 Å². The minimum Gasteiger partial charge on any atom is -0.465 e. The second-order valence-corrected chi connectivity index (χ2v) is 9.36. The molecule has 0 radical (unpaired) electrons. The molecule has 1 aliphatic heterocycles. The number of aromatic nitrogens is 1. The molecule has 11 nitrogen and oxygen atoms in total. The van der Waals surface area contributed by atoms with Gasteiger partial charge in [-0.3, -0.25) is 19.7 Å². The van der Waals surface area contributed by atoms with E-state index in [0.29, 0.717) is 11.4 Å². The van der Waals surface area contributed by atoms with Crippen LogP contribution in [-0.4, -0.2) is 48.4 Å². The molecule has 0 fully saturated rings. The normalized spacial score (nSPS) is 13.0. The number of rotatable bonds is 8. The van der Waals surface area contributed by atoms with Crippen molar-refractivity contribution in [1.29, 1.82) is 0 Å². The number of carbonyl (C=O) groups excluding carboxylic acids is 5. The molecule has 200 valence electrons. The molecular weight excluding hydrogens is 548 g/mol. The fourth-order valence-electron chi connectivity index (χ4n) is 3.59. The van der Waals surface area contributed by atoms with E-state index in [2.05, 4.69) is 15.6 Å². The predicted molar refractivity (Wildman–Crippen MR) is 144 cm³/mol. The third-order valence-electron chi connectivity index (χ3n) is 5.45. The topological polar surface area (TPSA) is 144 Å². The van der Waals surface area contributed by atoms with E-state index in [1.54, 1.807) is 26.0 Å². The third kappa shape index (κ3) is 5.66. The van der Waals surface area contributed by atoms with Gasteiger partial charge in [0.15, 0.2) is 5.13 Å². The van der Waals surface area contributed by atoms with Gasteiger partial charge in [-0.25, -0.2) is 19.5 Å². The molecule has 0 bridgehead atoms. The number of methoxy groups -OCH3 is 1. The maximum atomic E-state index is 13.1. The van der Waals surface area contributed by atoms with Crippen LogP contribution in [0.4, 0.5) is 16.5 Å². The van der Waals surface area contributed by atoms with Gasteiger partial charge in [0.2, 0.25) is 0 Å². The van der Waals surface area contributed by atoms with Crippen LogP contribution in [0.15, 0.2) is 59.3 Å². The maximum Gasteiger partial charge on any atom is 0.350 e. The number of carbonyl (C=O) groups is 5. The molecule has 0 spiro atoms. The van der Waals surface area contributed by atoms with Gasteiger partial charge in [0.1, 0.15) is 15.6 Å². The van der Waals surface area contributed by atoms with E-state index >= 15 is 0 Å². The van der Waals surface area contributed by atoms with E-state index in [4.69, 9.17) is 21.1 Å². The molecule has 1 aromatic heterocycles. The Morgan fingerprint density at radius 1 is 1.03 bits per heavy atom. The maximum absolute atomic E-state index is 13.1. The van der Waals surface area contributed by atoms with E-state index in [9.17, 15) is 24.0 Å². The van der Waals surface area contributed by atoms with Crippen molar-refractivity contribution in [2.75, 3.05) is 29.3 Å². The lowest BCUT2D eigenvalue weighted by Gasteiger charge is -2.15. The van der Waals surface area contributed by atoms with Gasteiger partial charge >= 0.3 is 11.9 Å². The molecule has 3 aromatic rings. The molecular formula is C26H21ClN4O7S. The zero-order chi connectivity index (χ0) is 28.3. The van der Waals surface area contributed by atoms with Gasteiger partial charge in [-0.2, -0.15) is 0 Å². The quantitative estimate of drug-likeness (QED) is 0.303. The Balaban J connectivity index is 1.49. The first kappa shape index (κ1) is 27.5. The molecule has 1 aliphatic rings. The van der Waals surface area contributed by atoms with Crippen LogP contribution in [0, 0.1) is 6.92 Å². The Hall–Kier alpha value is -4.55. The molecule has 0 aliphatic carbocycles. The number of nitrogens with zero attached hydrogens (tertiary/aromatic N) is 2. The number of imide groups is 1. The lowest BCUT2D eigenvalue weighted by molar-refractivity contribution is -0.120. The molecule has 0 saturated heterocycles. The number of ether oxygens (including phenoxy) is 2. The predicted octanol–water partition coefficient (Wildman–Crippen LogP) is 4.10. The van der Waals surface area contributed by atoms with Gasteiger partial charge in [0.05, 0.1) is 30.7 Å². The molecule has 13 heteroatoms. The highest BCUT2D eigenvalue weighted by Gasteiger charge is 2.39. The SMILES string of the molecule is CCOC(=O)c1ccc(N2C(=O)C(Cl)=C(Nc3cccc(C(=O)Nc4nc(C)c(C(=O)OC)s4)c3)C2=O)cc1. The van der Waals surface area contributed by atoms with Gasteiger partial charge in [-0.15, -0.1) is 0 Å². The summed E-state index contributed by atoms with van der Waals surface area (Å²) in [5.74, 6) is -3.05. The molecule has 0 saturated carbocycles. The molecule has 39 heavy (non-hydrogen) atoms. The summed E-state index contributed by atoms with van der Waals surface area (Å²) in [5, 5.41) is 5.32. The number of anilines is 3. The average molecular weight is 569 g/mol. The van der Waals surface area contributed by atoms with Crippen LogP contribution >= 0.6 is 22.9 Å². The van der Waals surface area contributed by atoms with Crippen LogP contribution in [-0.2, 0) is 19.1 Å². The van der Waals surface area contributed by atoms with Crippen molar-refractivity contribution in [2.45, 2.75) is 13.8 Å². The second-order valence-electron chi connectivity index (χ2n) is 7.99. The summed E-state index contributed by atoms with van der Waals surface area (Å²) in [6.07, 6.45) is 0. The number of aryl methyl sites for hydroxylation is 1. The van der Waals surface area contributed by atoms with E-state index < -0.39 is 29.7 Å². The molecule has 2 aromatic carbocycles. The van der Waals surface area contributed by atoms with Crippen molar-refractivity contribution in [2.24, 2.45) is 0 Å². The minimum absolute atomic E-state index is 0.174. The van der Waals surface area contributed by atoms with Crippen molar-refractivity contribution in [1.82, 2.24) is 4.98 Å². The van der Waals surface area contributed by atoms with E-state index in [1.165, 1.54) is 43.5 Å². The highest BCUT2D eigenvalue weighted by atomic mass is 35.5. The number of esters is 2. The first-order valence-corrected chi connectivity index (χ1v) is 12.6. The zero-order valence-electron chi connectivity index (χ0n) is 20.9. The first-order valence-electron chi connectivity index (χ1n) is 11.4. The summed E-state index contributed by atoms with van der Waals surface area (Å²) in [4.78, 5) is 67.7. The van der Waals surface area contributed by atoms with Crippen molar-refractivity contribution in [3.05, 3.63) is 81.0 Å². The van der Waals surface area contributed by atoms with Gasteiger partial charge in [-0.1, -0.05) is 29.0 Å². The van der Waals surface area contributed by atoms with E-state index in [0.717, 1.165) is 16.2 Å². The summed E-state index contributed by atoms with van der Waals surface area (Å²) in [7, 11) is 1.25. The fourth-order valence-corrected chi connectivity index (χ4v) is 4.68. The zero-order valence-corrected chi connectivity index (χ0v) is 22.4. The van der Waals surface area contributed by atoms with Crippen molar-refractivity contribution in [3.8, 4) is 0 Å². The first-order chi connectivity index (χ1) is 18.6. The molecule has 0 unspecified atom stereocenters. The average Bonchev–Trinajstić information content (AvgIpc) is 3.39. The minimum atomic E-state index is -0.748. The number of hydrogen-bond acceptors (Lipinski definition) is 10. The Labute approximate surface area is 231 Å². The summed E-state index contributed by atoms with van der Waals surface area (Å²) >= 11 is 7.19. The molecule has 0 atom stereocenters. The fraction of sp³-hybridized carbons (Fsp3) is 0.154. The van der Waals surface area contributed by atoms with Crippen LogP contribution in [0.25, 0.3) is 0 Å².